The summed E-state index contributed by atoms with van der Waals surface area (Å²) in [7, 11) is 0. The summed E-state index contributed by atoms with van der Waals surface area (Å²) in [6.45, 7) is 0. The van der Waals surface area contributed by atoms with Gasteiger partial charge in [-0.3, -0.25) is 4.99 Å². The average molecular weight is 335 g/mol. The molecular formula is C17H10Cl3N. The number of nitrogens with zero attached hydrogens (tertiary/aromatic N) is 1. The van der Waals surface area contributed by atoms with Crippen LogP contribution in [0.15, 0.2) is 59.6 Å². The van der Waals surface area contributed by atoms with Crippen LogP contribution in [0.1, 0.15) is 5.56 Å². The molecular weight excluding hydrogens is 325 g/mol. The first-order valence-corrected chi connectivity index (χ1v) is 7.45. The maximum atomic E-state index is 6.13. The molecule has 21 heavy (non-hydrogen) atoms. The minimum atomic E-state index is 0.422. The maximum absolute atomic E-state index is 6.13. The van der Waals surface area contributed by atoms with Gasteiger partial charge in [0.1, 0.15) is 0 Å². The molecule has 0 bridgehead atoms. The van der Waals surface area contributed by atoms with E-state index in [9.17, 15) is 0 Å². The lowest BCUT2D eigenvalue weighted by Gasteiger charge is -2.03. The normalized spacial score (nSPS) is 11.4. The van der Waals surface area contributed by atoms with E-state index >= 15 is 0 Å². The third kappa shape index (κ3) is 3.06. The summed E-state index contributed by atoms with van der Waals surface area (Å²) in [5.74, 6) is 0. The topological polar surface area (TPSA) is 12.4 Å². The molecule has 1 nitrogen and oxygen atoms in total. The van der Waals surface area contributed by atoms with E-state index in [1.54, 1.807) is 18.3 Å². The van der Waals surface area contributed by atoms with Crippen LogP contribution in [0.3, 0.4) is 0 Å². The first-order valence-electron chi connectivity index (χ1n) is 6.31. The summed E-state index contributed by atoms with van der Waals surface area (Å²) in [4.78, 5) is 4.43. The largest absolute Gasteiger partial charge is 0.255 e. The van der Waals surface area contributed by atoms with E-state index in [1.807, 2.05) is 24.3 Å². The monoisotopic (exact) mass is 333 g/mol. The highest BCUT2D eigenvalue weighted by atomic mass is 35.5. The predicted octanol–water partition coefficient (Wildman–Crippen LogP) is 6.55. The zero-order chi connectivity index (χ0) is 14.8. The first-order chi connectivity index (χ1) is 10.1. The Labute approximate surface area is 137 Å². The molecule has 0 spiro atoms. The van der Waals surface area contributed by atoms with Crippen molar-refractivity contribution in [1.82, 2.24) is 0 Å². The second-order valence-corrected chi connectivity index (χ2v) is 5.77. The Kier molecular flexibility index (Phi) is 4.16. The number of fused-ring (bicyclic) bond motifs is 1. The van der Waals surface area contributed by atoms with Gasteiger partial charge < -0.3 is 0 Å². The van der Waals surface area contributed by atoms with Crippen LogP contribution in [0.25, 0.3) is 10.8 Å². The fourth-order valence-corrected chi connectivity index (χ4v) is 2.70. The molecule has 0 aromatic heterocycles. The van der Waals surface area contributed by atoms with Gasteiger partial charge in [0, 0.05) is 11.8 Å². The Balaban J connectivity index is 2.04. The van der Waals surface area contributed by atoms with Gasteiger partial charge in [0.15, 0.2) is 0 Å². The van der Waals surface area contributed by atoms with Crippen molar-refractivity contribution in [2.45, 2.75) is 0 Å². The Hall–Kier alpha value is -1.54. The van der Waals surface area contributed by atoms with Crippen LogP contribution in [0.4, 0.5) is 5.69 Å². The van der Waals surface area contributed by atoms with E-state index in [4.69, 9.17) is 34.8 Å². The van der Waals surface area contributed by atoms with Crippen LogP contribution in [0.5, 0.6) is 0 Å². The van der Waals surface area contributed by atoms with Gasteiger partial charge in [-0.25, -0.2) is 0 Å². The van der Waals surface area contributed by atoms with Gasteiger partial charge in [0.25, 0.3) is 0 Å². The third-order valence-electron chi connectivity index (χ3n) is 3.16. The van der Waals surface area contributed by atoms with Crippen molar-refractivity contribution in [3.8, 4) is 0 Å². The van der Waals surface area contributed by atoms with E-state index in [-0.39, 0.29) is 0 Å². The smallest absolute Gasteiger partial charge is 0.0831 e. The lowest BCUT2D eigenvalue weighted by atomic mass is 10.1. The number of hydrogen-bond donors (Lipinski definition) is 0. The minimum absolute atomic E-state index is 0.422. The molecule has 0 saturated heterocycles. The second-order valence-electron chi connectivity index (χ2n) is 4.54. The van der Waals surface area contributed by atoms with E-state index in [2.05, 4.69) is 23.2 Å². The van der Waals surface area contributed by atoms with Gasteiger partial charge in [-0.2, -0.15) is 0 Å². The molecule has 0 saturated carbocycles. The number of halogens is 3. The number of aliphatic imine (C=N–C) groups is 1. The van der Waals surface area contributed by atoms with E-state index < -0.39 is 0 Å². The molecule has 0 aliphatic carbocycles. The summed E-state index contributed by atoms with van der Waals surface area (Å²) in [5.41, 5.74) is 1.62. The third-order valence-corrected chi connectivity index (χ3v) is 4.18. The standard InChI is InChI=1S/C17H10Cl3N/c18-14-8-16(20)17(9-15(14)19)21-10-12-6-3-5-11-4-1-2-7-13(11)12/h1-10H. The van der Waals surface area contributed by atoms with Crippen molar-refractivity contribution in [1.29, 1.82) is 0 Å². The molecule has 0 aliphatic heterocycles. The van der Waals surface area contributed by atoms with Crippen molar-refractivity contribution in [2.24, 2.45) is 4.99 Å². The molecule has 104 valence electrons. The quantitative estimate of drug-likeness (QED) is 0.372. The molecule has 3 rings (SSSR count). The molecule has 3 aromatic rings. The van der Waals surface area contributed by atoms with E-state index in [0.717, 1.165) is 10.9 Å². The first kappa shape index (κ1) is 14.4. The van der Waals surface area contributed by atoms with Crippen molar-refractivity contribution >= 4 is 57.5 Å². The van der Waals surface area contributed by atoms with Crippen LogP contribution in [0.2, 0.25) is 15.1 Å². The molecule has 0 aliphatic rings. The van der Waals surface area contributed by atoms with Gasteiger partial charge >= 0.3 is 0 Å². The van der Waals surface area contributed by atoms with Crippen molar-refractivity contribution in [2.75, 3.05) is 0 Å². The lowest BCUT2D eigenvalue weighted by molar-refractivity contribution is 1.53. The van der Waals surface area contributed by atoms with Crippen LogP contribution in [-0.4, -0.2) is 6.21 Å². The van der Waals surface area contributed by atoms with Gasteiger partial charge in [-0.1, -0.05) is 77.3 Å². The van der Waals surface area contributed by atoms with Crippen molar-refractivity contribution < 1.29 is 0 Å². The highest BCUT2D eigenvalue weighted by molar-refractivity contribution is 6.44. The fraction of sp³-hybridized carbons (Fsp3) is 0. The molecule has 3 aromatic carbocycles. The van der Waals surface area contributed by atoms with Gasteiger partial charge in [0.05, 0.1) is 20.8 Å². The van der Waals surface area contributed by atoms with E-state index in [0.29, 0.717) is 20.8 Å². The summed E-state index contributed by atoms with van der Waals surface area (Å²) >= 11 is 18.0. The summed E-state index contributed by atoms with van der Waals surface area (Å²) in [5, 5.41) is 3.64. The van der Waals surface area contributed by atoms with Gasteiger partial charge in [-0.05, 0) is 22.9 Å². The number of hydrogen-bond acceptors (Lipinski definition) is 1. The molecule has 0 heterocycles. The van der Waals surface area contributed by atoms with Gasteiger partial charge in [0.2, 0.25) is 0 Å². The molecule has 0 N–H and O–H groups in total. The van der Waals surface area contributed by atoms with Crippen LogP contribution >= 0.6 is 34.8 Å². The van der Waals surface area contributed by atoms with Crippen molar-refractivity contribution in [3.63, 3.8) is 0 Å². The Morgan fingerprint density at radius 3 is 2.33 bits per heavy atom. The fourth-order valence-electron chi connectivity index (χ4n) is 2.11. The minimum Gasteiger partial charge on any atom is -0.255 e. The molecule has 0 unspecified atom stereocenters. The molecule has 4 heteroatoms. The van der Waals surface area contributed by atoms with E-state index in [1.165, 1.54) is 5.39 Å². The Bertz CT molecular complexity index is 835. The number of rotatable bonds is 2. The van der Waals surface area contributed by atoms with Crippen molar-refractivity contribution in [3.05, 3.63) is 75.2 Å². The van der Waals surface area contributed by atoms with Crippen LogP contribution in [0, 0.1) is 0 Å². The summed E-state index contributed by atoms with van der Waals surface area (Å²) in [6, 6.07) is 17.5. The molecule has 0 atom stereocenters. The highest BCUT2D eigenvalue weighted by Crippen LogP contribution is 2.34. The zero-order valence-corrected chi connectivity index (χ0v) is 13.1. The maximum Gasteiger partial charge on any atom is 0.0831 e. The average Bonchev–Trinajstić information content (AvgIpc) is 2.49. The second kappa shape index (κ2) is 6.07. The lowest BCUT2D eigenvalue weighted by Crippen LogP contribution is -1.84. The Morgan fingerprint density at radius 2 is 1.48 bits per heavy atom. The number of benzene rings is 3. The molecule has 0 radical (unpaired) electrons. The summed E-state index contributed by atoms with van der Waals surface area (Å²) < 4.78 is 0. The Morgan fingerprint density at radius 1 is 0.762 bits per heavy atom. The zero-order valence-electron chi connectivity index (χ0n) is 10.9. The molecule has 0 amide bonds. The molecule has 0 fully saturated rings. The SMILES string of the molecule is Clc1cc(Cl)c(N=Cc2cccc3ccccc23)cc1Cl. The summed E-state index contributed by atoms with van der Waals surface area (Å²) in [6.07, 6.45) is 1.79. The van der Waals surface area contributed by atoms with Gasteiger partial charge in [-0.15, -0.1) is 0 Å². The predicted molar refractivity (Wildman–Crippen MR) is 92.7 cm³/mol. The van der Waals surface area contributed by atoms with Crippen LogP contribution < -0.4 is 0 Å². The van der Waals surface area contributed by atoms with Crippen LogP contribution in [-0.2, 0) is 0 Å². The highest BCUT2D eigenvalue weighted by Gasteiger charge is 2.05.